The molecule has 6 rings (SSSR count). The topological polar surface area (TPSA) is 40.5 Å². The molecule has 2 nitrogen and oxygen atoms in total. The molecule has 0 aliphatic rings. The molecular formula is C36H30O2Si2. The summed E-state index contributed by atoms with van der Waals surface area (Å²) < 4.78 is 0. The van der Waals surface area contributed by atoms with Crippen molar-refractivity contribution in [3.05, 3.63) is 170 Å². The van der Waals surface area contributed by atoms with Gasteiger partial charge < -0.3 is 9.59 Å². The van der Waals surface area contributed by atoms with Crippen molar-refractivity contribution in [2.75, 3.05) is 0 Å². The monoisotopic (exact) mass is 550 g/mol. The van der Waals surface area contributed by atoms with E-state index in [1.54, 1.807) is 0 Å². The van der Waals surface area contributed by atoms with Crippen molar-refractivity contribution in [2.45, 2.75) is 0 Å². The van der Waals surface area contributed by atoms with E-state index >= 15 is 0 Å². The van der Waals surface area contributed by atoms with Crippen LogP contribution >= 0.6 is 0 Å². The van der Waals surface area contributed by atoms with Gasteiger partial charge in [-0.1, -0.05) is 170 Å². The van der Waals surface area contributed by atoms with Gasteiger partial charge in [-0.3, -0.25) is 0 Å². The van der Waals surface area contributed by atoms with Gasteiger partial charge in [-0.2, -0.15) is 0 Å². The number of rotatable bonds is 7. The van der Waals surface area contributed by atoms with Crippen LogP contribution in [0.15, 0.2) is 170 Å². The van der Waals surface area contributed by atoms with Crippen molar-refractivity contribution in [3.8, 4) is 11.1 Å². The molecular weight excluding hydrogens is 521 g/mol. The van der Waals surface area contributed by atoms with E-state index in [1.165, 1.54) is 0 Å². The third-order valence-electron chi connectivity index (χ3n) is 7.70. The lowest BCUT2D eigenvalue weighted by Gasteiger charge is -2.27. The first-order valence-corrected chi connectivity index (χ1v) is 17.4. The molecule has 0 spiro atoms. The number of benzene rings is 6. The third kappa shape index (κ3) is 4.68. The van der Waals surface area contributed by atoms with Crippen LogP contribution in [0.5, 0.6) is 0 Å². The summed E-state index contributed by atoms with van der Waals surface area (Å²) in [6.07, 6.45) is 0. The van der Waals surface area contributed by atoms with Crippen LogP contribution in [0.25, 0.3) is 11.1 Å². The summed E-state index contributed by atoms with van der Waals surface area (Å²) in [6.45, 7) is 0. The first kappa shape index (κ1) is 25.9. The molecule has 0 amide bonds. The summed E-state index contributed by atoms with van der Waals surface area (Å²) in [5.41, 5.74) is 2.13. The Bertz CT molecular complexity index is 1460. The molecule has 0 radical (unpaired) electrons. The lowest BCUT2D eigenvalue weighted by Crippen LogP contribution is -2.67. The Morgan fingerprint density at radius 2 is 0.450 bits per heavy atom. The van der Waals surface area contributed by atoms with Crippen molar-refractivity contribution in [1.82, 2.24) is 0 Å². The van der Waals surface area contributed by atoms with Gasteiger partial charge in [0.05, 0.1) is 0 Å². The highest BCUT2D eigenvalue weighted by atomic mass is 28.4. The second-order valence-electron chi connectivity index (χ2n) is 10.0. The summed E-state index contributed by atoms with van der Waals surface area (Å²) in [5.74, 6) is 0. The Labute approximate surface area is 237 Å². The van der Waals surface area contributed by atoms with Crippen LogP contribution in [0.1, 0.15) is 0 Å². The van der Waals surface area contributed by atoms with E-state index in [2.05, 4.69) is 48.5 Å². The first-order chi connectivity index (χ1) is 19.6. The van der Waals surface area contributed by atoms with Gasteiger partial charge in [-0.05, 0) is 42.2 Å². The second kappa shape index (κ2) is 11.0. The van der Waals surface area contributed by atoms with Gasteiger partial charge >= 0.3 is 0 Å². The molecule has 194 valence electrons. The Kier molecular flexibility index (Phi) is 7.16. The van der Waals surface area contributed by atoms with Crippen LogP contribution in [0, 0.1) is 0 Å². The van der Waals surface area contributed by atoms with Crippen LogP contribution in [0.3, 0.4) is 0 Å². The normalized spacial score (nSPS) is 11.8. The minimum atomic E-state index is -3.14. The van der Waals surface area contributed by atoms with E-state index in [9.17, 15) is 9.59 Å². The maximum Gasteiger partial charge on any atom is 0.285 e. The van der Waals surface area contributed by atoms with Crippen molar-refractivity contribution in [3.63, 3.8) is 0 Å². The molecule has 4 heteroatoms. The Balaban J connectivity index is 1.36. The van der Waals surface area contributed by atoms with E-state index in [-0.39, 0.29) is 0 Å². The van der Waals surface area contributed by atoms with Gasteiger partial charge in [-0.15, -0.1) is 0 Å². The minimum Gasteiger partial charge on any atom is -0.421 e. The summed E-state index contributed by atoms with van der Waals surface area (Å²) >= 11 is 0. The number of hydrogen-bond donors (Lipinski definition) is 2. The fourth-order valence-corrected chi connectivity index (χ4v) is 11.5. The van der Waals surface area contributed by atoms with E-state index in [0.29, 0.717) is 0 Å². The molecule has 0 saturated carbocycles. The van der Waals surface area contributed by atoms with Gasteiger partial charge in [-0.25, -0.2) is 0 Å². The van der Waals surface area contributed by atoms with Crippen LogP contribution < -0.4 is 31.1 Å². The standard InChI is InChI=1S/C36H30O2Si2/c37-39(31-13-5-1-6-14-31,32-15-7-2-8-16-32)35-25-21-29(22-26-35)30-23-27-36(28-24-30)40(38,33-17-9-3-10-18-33)34-19-11-4-12-20-34/h1-28,37-38H. The van der Waals surface area contributed by atoms with Gasteiger partial charge in [0.2, 0.25) is 0 Å². The average Bonchev–Trinajstić information content (AvgIpc) is 3.06. The fraction of sp³-hybridized carbons (Fsp3) is 0. The van der Waals surface area contributed by atoms with Crippen molar-refractivity contribution in [2.24, 2.45) is 0 Å². The molecule has 6 aromatic carbocycles. The first-order valence-electron chi connectivity index (χ1n) is 13.5. The smallest absolute Gasteiger partial charge is 0.285 e. The van der Waals surface area contributed by atoms with Crippen LogP contribution in [-0.4, -0.2) is 26.2 Å². The quantitative estimate of drug-likeness (QED) is 0.237. The molecule has 0 saturated heterocycles. The van der Waals surface area contributed by atoms with Crippen LogP contribution in [-0.2, 0) is 0 Å². The Morgan fingerprint density at radius 1 is 0.250 bits per heavy atom. The lowest BCUT2D eigenvalue weighted by atomic mass is 10.1. The van der Waals surface area contributed by atoms with Crippen LogP contribution in [0.2, 0.25) is 0 Å². The highest BCUT2D eigenvalue weighted by Gasteiger charge is 2.39. The molecule has 40 heavy (non-hydrogen) atoms. The minimum absolute atomic E-state index is 0.945. The van der Waals surface area contributed by atoms with Crippen molar-refractivity contribution < 1.29 is 9.59 Å². The summed E-state index contributed by atoms with van der Waals surface area (Å²) in [7, 11) is -6.28. The Morgan fingerprint density at radius 3 is 0.675 bits per heavy atom. The maximum absolute atomic E-state index is 12.2. The third-order valence-corrected chi connectivity index (χ3v) is 14.7. The fourth-order valence-electron chi connectivity index (χ4n) is 5.53. The van der Waals surface area contributed by atoms with Crippen molar-refractivity contribution in [1.29, 1.82) is 0 Å². The largest absolute Gasteiger partial charge is 0.421 e. The van der Waals surface area contributed by atoms with Crippen molar-refractivity contribution >= 4 is 47.8 Å². The molecule has 2 N–H and O–H groups in total. The molecule has 0 aromatic heterocycles. The maximum atomic E-state index is 12.2. The average molecular weight is 551 g/mol. The molecule has 0 atom stereocenters. The van der Waals surface area contributed by atoms with Crippen LogP contribution in [0.4, 0.5) is 0 Å². The zero-order valence-electron chi connectivity index (χ0n) is 22.1. The molecule has 0 aliphatic heterocycles. The molecule has 6 aromatic rings. The van der Waals surface area contributed by atoms with Gasteiger partial charge in [0.15, 0.2) is 0 Å². The molecule has 0 aliphatic carbocycles. The molecule has 0 unspecified atom stereocenters. The predicted octanol–water partition coefficient (Wildman–Crippen LogP) is 3.27. The van der Waals surface area contributed by atoms with Gasteiger partial charge in [0.1, 0.15) is 0 Å². The lowest BCUT2D eigenvalue weighted by molar-refractivity contribution is 0.582. The zero-order chi connectivity index (χ0) is 27.4. The molecule has 0 bridgehead atoms. The van der Waals surface area contributed by atoms with Gasteiger partial charge in [0.25, 0.3) is 16.6 Å². The molecule has 0 heterocycles. The zero-order valence-corrected chi connectivity index (χ0v) is 24.1. The summed E-state index contributed by atoms with van der Waals surface area (Å²) in [4.78, 5) is 24.5. The van der Waals surface area contributed by atoms with E-state index in [0.717, 1.165) is 42.2 Å². The van der Waals surface area contributed by atoms with E-state index in [4.69, 9.17) is 0 Å². The highest BCUT2D eigenvalue weighted by molar-refractivity contribution is 7.06. The molecule has 0 fully saturated rings. The summed E-state index contributed by atoms with van der Waals surface area (Å²) in [5, 5.41) is 5.74. The SMILES string of the molecule is O[Si](c1ccccc1)(c1ccccc1)c1ccc(-c2ccc([Si](O)(c3ccccc3)c3ccccc3)cc2)cc1. The second-order valence-corrected chi connectivity index (χ2v) is 16.3. The Hall–Kier alpha value is -4.33. The highest BCUT2D eigenvalue weighted by Crippen LogP contribution is 2.19. The van der Waals surface area contributed by atoms with E-state index in [1.807, 2.05) is 121 Å². The van der Waals surface area contributed by atoms with Gasteiger partial charge in [0, 0.05) is 0 Å². The number of hydrogen-bond acceptors (Lipinski definition) is 2. The van der Waals surface area contributed by atoms with E-state index < -0.39 is 16.6 Å². The summed E-state index contributed by atoms with van der Waals surface area (Å²) in [6, 6.07) is 56.6. The predicted molar refractivity (Wildman–Crippen MR) is 171 cm³/mol.